The molecule has 0 aliphatic heterocycles. The van der Waals surface area contributed by atoms with Gasteiger partial charge in [0.2, 0.25) is 0 Å². The van der Waals surface area contributed by atoms with Gasteiger partial charge in [-0.2, -0.15) is 0 Å². The number of hydrogen-bond donors (Lipinski definition) is 1. The Labute approximate surface area is 132 Å². The van der Waals surface area contributed by atoms with Crippen molar-refractivity contribution in [1.82, 2.24) is 5.32 Å². The van der Waals surface area contributed by atoms with Crippen molar-refractivity contribution in [2.45, 2.75) is 19.4 Å². The molecule has 1 aromatic heterocycles. The van der Waals surface area contributed by atoms with Crippen LogP contribution in [0.3, 0.4) is 0 Å². The molecule has 3 rings (SSSR count). The Morgan fingerprint density at radius 2 is 1.91 bits per heavy atom. The van der Waals surface area contributed by atoms with Crippen molar-refractivity contribution in [3.63, 3.8) is 0 Å². The first kappa shape index (κ1) is 14.7. The van der Waals surface area contributed by atoms with E-state index in [1.807, 2.05) is 19.1 Å². The molecule has 2 nitrogen and oxygen atoms in total. The van der Waals surface area contributed by atoms with Gasteiger partial charge in [0.25, 0.3) is 5.91 Å². The second-order valence-corrected chi connectivity index (χ2v) is 6.23. The number of carbonyl (C=O) groups is 1. The van der Waals surface area contributed by atoms with Gasteiger partial charge in [0, 0.05) is 10.7 Å². The van der Waals surface area contributed by atoms with Gasteiger partial charge in [0.1, 0.15) is 5.82 Å². The molecule has 3 aromatic rings. The Kier molecular flexibility index (Phi) is 4.20. The zero-order valence-corrected chi connectivity index (χ0v) is 13.0. The number of fused-ring (bicyclic) bond motifs is 1. The first-order chi connectivity index (χ1) is 10.6. The Morgan fingerprint density at radius 1 is 1.18 bits per heavy atom. The molecule has 0 saturated carbocycles. The highest BCUT2D eigenvalue weighted by Crippen LogP contribution is 2.26. The highest BCUT2D eigenvalue weighted by molar-refractivity contribution is 7.17. The van der Waals surface area contributed by atoms with E-state index in [1.165, 1.54) is 27.8 Å². The Bertz CT molecular complexity index is 811. The highest BCUT2D eigenvalue weighted by Gasteiger charge is 2.15. The van der Waals surface area contributed by atoms with Crippen LogP contribution < -0.4 is 5.32 Å². The molecule has 0 spiro atoms. The second-order valence-electron chi connectivity index (χ2n) is 5.32. The molecule has 0 fully saturated rings. The number of rotatable bonds is 4. The highest BCUT2D eigenvalue weighted by atomic mass is 32.1. The maximum absolute atomic E-state index is 13.6. The summed E-state index contributed by atoms with van der Waals surface area (Å²) in [5.74, 6) is -0.863. The number of thiophene rings is 1. The van der Waals surface area contributed by atoms with Crippen LogP contribution in [0.15, 0.2) is 53.9 Å². The monoisotopic (exact) mass is 313 g/mol. The fourth-order valence-electron chi connectivity index (χ4n) is 2.52. The lowest BCUT2D eigenvalue weighted by Gasteiger charge is -2.14. The fraction of sp³-hybridized carbons (Fsp3) is 0.167. The molecule has 0 saturated heterocycles. The number of hydrogen-bond acceptors (Lipinski definition) is 2. The molecular formula is C18H16FNOS. The molecular weight excluding hydrogens is 297 g/mol. The van der Waals surface area contributed by atoms with E-state index in [-0.39, 0.29) is 17.5 Å². The zero-order valence-electron chi connectivity index (χ0n) is 12.2. The minimum Gasteiger partial charge on any atom is -0.349 e. The van der Waals surface area contributed by atoms with Gasteiger partial charge >= 0.3 is 0 Å². The molecule has 2 aromatic carbocycles. The lowest BCUT2D eigenvalue weighted by molar-refractivity contribution is 0.0936. The van der Waals surface area contributed by atoms with E-state index in [0.29, 0.717) is 0 Å². The minimum atomic E-state index is -0.492. The van der Waals surface area contributed by atoms with Crippen LogP contribution in [0.4, 0.5) is 4.39 Å². The third-order valence-corrected chi connectivity index (χ3v) is 4.60. The van der Waals surface area contributed by atoms with Crippen molar-refractivity contribution in [3.05, 3.63) is 70.9 Å². The van der Waals surface area contributed by atoms with E-state index in [0.717, 1.165) is 6.42 Å². The Morgan fingerprint density at radius 3 is 2.73 bits per heavy atom. The number of nitrogens with one attached hydrogen (secondary N) is 1. The number of amides is 1. The lowest BCUT2D eigenvalue weighted by Crippen LogP contribution is -2.34. The van der Waals surface area contributed by atoms with Crippen LogP contribution in [-0.2, 0) is 6.42 Å². The molecule has 0 bridgehead atoms. The summed E-state index contributed by atoms with van der Waals surface area (Å²) in [7, 11) is 0. The van der Waals surface area contributed by atoms with Crippen molar-refractivity contribution in [1.29, 1.82) is 0 Å². The molecule has 22 heavy (non-hydrogen) atoms. The topological polar surface area (TPSA) is 29.1 Å². The molecule has 0 aliphatic carbocycles. The van der Waals surface area contributed by atoms with Gasteiger partial charge in [-0.3, -0.25) is 4.79 Å². The third-order valence-electron chi connectivity index (χ3n) is 3.58. The molecule has 112 valence electrons. The van der Waals surface area contributed by atoms with E-state index >= 15 is 0 Å². The number of carbonyl (C=O) groups excluding carboxylic acids is 1. The molecule has 1 atom stereocenters. The quantitative estimate of drug-likeness (QED) is 0.760. The summed E-state index contributed by atoms with van der Waals surface area (Å²) in [5.41, 5.74) is 1.30. The summed E-state index contributed by atoms with van der Waals surface area (Å²) in [5, 5.41) is 6.21. The van der Waals surface area contributed by atoms with Crippen molar-refractivity contribution in [2.24, 2.45) is 0 Å². The van der Waals surface area contributed by atoms with Crippen LogP contribution in [-0.4, -0.2) is 11.9 Å². The van der Waals surface area contributed by atoms with E-state index in [1.54, 1.807) is 23.5 Å². The normalized spacial score (nSPS) is 12.3. The summed E-state index contributed by atoms with van der Waals surface area (Å²) in [6, 6.07) is 14.2. The van der Waals surface area contributed by atoms with Crippen molar-refractivity contribution >= 4 is 27.3 Å². The van der Waals surface area contributed by atoms with Gasteiger partial charge in [0.05, 0.1) is 5.56 Å². The fourth-order valence-corrected chi connectivity index (χ4v) is 3.49. The summed E-state index contributed by atoms with van der Waals surface area (Å²) >= 11 is 1.70. The molecule has 1 heterocycles. The van der Waals surface area contributed by atoms with Crippen LogP contribution >= 0.6 is 11.3 Å². The smallest absolute Gasteiger partial charge is 0.254 e. The summed E-state index contributed by atoms with van der Waals surface area (Å²) in [6.45, 7) is 1.94. The van der Waals surface area contributed by atoms with Gasteiger partial charge in [-0.1, -0.05) is 30.3 Å². The number of halogens is 1. The zero-order chi connectivity index (χ0) is 15.5. The van der Waals surface area contributed by atoms with Gasteiger partial charge in [-0.05, 0) is 47.9 Å². The first-order valence-corrected chi connectivity index (χ1v) is 8.03. The van der Waals surface area contributed by atoms with Gasteiger partial charge in [0.15, 0.2) is 0 Å². The van der Waals surface area contributed by atoms with Crippen LogP contribution in [0.1, 0.15) is 22.8 Å². The van der Waals surface area contributed by atoms with Crippen LogP contribution in [0.5, 0.6) is 0 Å². The predicted octanol–water partition coefficient (Wildman–Crippen LogP) is 4.40. The lowest BCUT2D eigenvalue weighted by atomic mass is 10.1. The van der Waals surface area contributed by atoms with Crippen molar-refractivity contribution in [2.75, 3.05) is 0 Å². The van der Waals surface area contributed by atoms with Crippen LogP contribution in [0.2, 0.25) is 0 Å². The van der Waals surface area contributed by atoms with Crippen LogP contribution in [0.25, 0.3) is 10.1 Å². The average molecular weight is 313 g/mol. The first-order valence-electron chi connectivity index (χ1n) is 7.15. The van der Waals surface area contributed by atoms with Crippen molar-refractivity contribution < 1.29 is 9.18 Å². The van der Waals surface area contributed by atoms with Crippen LogP contribution in [0, 0.1) is 5.82 Å². The molecule has 0 radical (unpaired) electrons. The van der Waals surface area contributed by atoms with E-state index in [2.05, 4.69) is 22.8 Å². The number of benzene rings is 2. The molecule has 1 amide bonds. The maximum Gasteiger partial charge on any atom is 0.254 e. The Hall–Kier alpha value is -2.20. The Balaban J connectivity index is 1.71. The predicted molar refractivity (Wildman–Crippen MR) is 88.9 cm³/mol. The van der Waals surface area contributed by atoms with Gasteiger partial charge in [-0.15, -0.1) is 11.3 Å². The van der Waals surface area contributed by atoms with Gasteiger partial charge < -0.3 is 5.32 Å². The summed E-state index contributed by atoms with van der Waals surface area (Å²) in [6.07, 6.45) is 0.726. The maximum atomic E-state index is 13.6. The summed E-state index contributed by atoms with van der Waals surface area (Å²) in [4.78, 5) is 12.1. The standard InChI is InChI=1S/C18H16FNOS/c1-12(20-18(21)15-7-2-4-8-16(15)19)10-13-11-22-17-9-5-3-6-14(13)17/h2-9,11-12H,10H2,1H3,(H,20,21)/t12-/m1/s1. The largest absolute Gasteiger partial charge is 0.349 e. The third kappa shape index (κ3) is 3.02. The van der Waals surface area contributed by atoms with Gasteiger partial charge in [-0.25, -0.2) is 4.39 Å². The SMILES string of the molecule is C[C@H](Cc1csc2ccccc12)NC(=O)c1ccccc1F. The van der Waals surface area contributed by atoms with Crippen molar-refractivity contribution in [3.8, 4) is 0 Å². The average Bonchev–Trinajstić information content (AvgIpc) is 2.91. The summed E-state index contributed by atoms with van der Waals surface area (Å²) < 4.78 is 14.9. The molecule has 1 N–H and O–H groups in total. The molecule has 4 heteroatoms. The van der Waals surface area contributed by atoms with E-state index < -0.39 is 5.82 Å². The molecule has 0 aliphatic rings. The van der Waals surface area contributed by atoms with E-state index in [9.17, 15) is 9.18 Å². The van der Waals surface area contributed by atoms with E-state index in [4.69, 9.17) is 0 Å². The second kappa shape index (κ2) is 6.28. The minimum absolute atomic E-state index is 0.0647. The molecule has 0 unspecified atom stereocenters.